The lowest BCUT2D eigenvalue weighted by Crippen LogP contribution is -2.21. The molecule has 0 radical (unpaired) electrons. The number of para-hydroxylation sites is 4. The Labute approximate surface area is 469 Å². The second-order valence-electron chi connectivity index (χ2n) is 19.7. The highest BCUT2D eigenvalue weighted by Crippen LogP contribution is 2.44. The monoisotopic (exact) mass is 1040 g/mol. The molecule has 0 aliphatic heterocycles. The minimum absolute atomic E-state index is 0.192. The highest BCUT2D eigenvalue weighted by molar-refractivity contribution is 6.02. The van der Waals surface area contributed by atoms with Crippen molar-refractivity contribution in [2.45, 2.75) is 6.42 Å². The SMILES string of the molecule is c1ccc(N(c2cc(Cc3nc(N(c4ccccc4)c4cccc5ccccc45)nc(N(c4ccccc4)c4cccc5ccccc45)n3)nc(N(c3ccccc3)c3cccc4ccccc34)n2)c2cccc3ccccc23)cc1. The van der Waals surface area contributed by atoms with Crippen molar-refractivity contribution in [1.29, 1.82) is 0 Å². The van der Waals surface area contributed by atoms with E-state index < -0.39 is 0 Å². The third kappa shape index (κ3) is 9.45. The van der Waals surface area contributed by atoms with Gasteiger partial charge in [-0.05, 0) is 94.3 Å². The molecular formula is C72H51N9. The lowest BCUT2D eigenvalue weighted by Gasteiger charge is -2.29. The average Bonchev–Trinajstić information content (AvgIpc) is 3.72. The molecule has 0 aliphatic rings. The van der Waals surface area contributed by atoms with Crippen molar-refractivity contribution in [3.8, 4) is 0 Å². The van der Waals surface area contributed by atoms with Gasteiger partial charge in [-0.2, -0.15) is 19.9 Å². The quantitative estimate of drug-likeness (QED) is 0.106. The Balaban J connectivity index is 1.05. The van der Waals surface area contributed by atoms with Crippen LogP contribution in [-0.2, 0) is 6.42 Å². The Morgan fingerprint density at radius 3 is 0.877 bits per heavy atom. The zero-order chi connectivity index (χ0) is 53.9. The van der Waals surface area contributed by atoms with E-state index in [1.54, 1.807) is 0 Å². The van der Waals surface area contributed by atoms with Crippen LogP contribution in [0, 0.1) is 0 Å². The van der Waals surface area contributed by atoms with Crippen molar-refractivity contribution in [1.82, 2.24) is 24.9 Å². The van der Waals surface area contributed by atoms with Crippen molar-refractivity contribution < 1.29 is 0 Å². The van der Waals surface area contributed by atoms with Crippen LogP contribution in [0.3, 0.4) is 0 Å². The minimum Gasteiger partial charge on any atom is -0.294 e. The van der Waals surface area contributed by atoms with Gasteiger partial charge in [0, 0.05) is 50.4 Å². The molecule has 2 heterocycles. The second-order valence-corrected chi connectivity index (χ2v) is 19.7. The van der Waals surface area contributed by atoms with E-state index in [1.807, 2.05) is 24.3 Å². The summed E-state index contributed by atoms with van der Waals surface area (Å²) in [5, 5.41) is 8.64. The summed E-state index contributed by atoms with van der Waals surface area (Å²) in [4.78, 5) is 36.8. The van der Waals surface area contributed by atoms with Crippen molar-refractivity contribution in [2.75, 3.05) is 19.6 Å². The molecule has 12 aromatic carbocycles. The van der Waals surface area contributed by atoms with E-state index in [4.69, 9.17) is 24.9 Å². The predicted molar refractivity (Wildman–Crippen MR) is 333 cm³/mol. The molecule has 384 valence electrons. The van der Waals surface area contributed by atoms with Gasteiger partial charge >= 0.3 is 0 Å². The normalized spacial score (nSPS) is 11.3. The fraction of sp³-hybridized carbons (Fsp3) is 0.0139. The van der Waals surface area contributed by atoms with Gasteiger partial charge < -0.3 is 0 Å². The highest BCUT2D eigenvalue weighted by Gasteiger charge is 2.28. The van der Waals surface area contributed by atoms with Crippen LogP contribution in [0.1, 0.15) is 11.5 Å². The van der Waals surface area contributed by atoms with Gasteiger partial charge in [-0.15, -0.1) is 0 Å². The van der Waals surface area contributed by atoms with Crippen LogP contribution in [0.5, 0.6) is 0 Å². The summed E-state index contributed by atoms with van der Waals surface area (Å²) in [5.41, 5.74) is 8.06. The first-order valence-electron chi connectivity index (χ1n) is 27.1. The molecule has 0 spiro atoms. The zero-order valence-electron chi connectivity index (χ0n) is 44.0. The van der Waals surface area contributed by atoms with E-state index in [9.17, 15) is 0 Å². The Morgan fingerprint density at radius 1 is 0.235 bits per heavy atom. The molecule has 0 amide bonds. The van der Waals surface area contributed by atoms with Gasteiger partial charge in [0.15, 0.2) is 0 Å². The third-order valence-electron chi connectivity index (χ3n) is 14.7. The zero-order valence-corrected chi connectivity index (χ0v) is 44.0. The van der Waals surface area contributed by atoms with Crippen LogP contribution in [0.15, 0.2) is 297 Å². The topological polar surface area (TPSA) is 77.4 Å². The molecule has 2 aromatic heterocycles. The number of nitrogens with zero attached hydrogens (tertiary/aromatic N) is 9. The standard InChI is InChI=1S/C72H51N9/c1-5-33-56(34-6-1)78(64-45-21-29-51-25-13-17-41-60(51)64)69-50-55(73-70(76-69)79(57-35-7-2-8-36-57)65-46-22-30-52-26-14-18-42-61(52)65)49-68-74-71(80(58-37-9-3-10-38-58)66-47-23-31-53-27-15-19-43-62(53)66)77-72(75-68)81(59-39-11-4-12-40-59)67-48-24-32-54-28-16-20-44-63(54)67/h1-48,50H,49H2. The fourth-order valence-electron chi connectivity index (χ4n) is 11.0. The third-order valence-corrected chi connectivity index (χ3v) is 14.7. The average molecular weight is 1040 g/mol. The van der Waals surface area contributed by atoms with Gasteiger partial charge in [0.05, 0.1) is 34.9 Å². The Hall–Kier alpha value is -11.0. The number of fused-ring (bicyclic) bond motifs is 4. The summed E-state index contributed by atoms with van der Waals surface area (Å²) in [6, 6.07) is 103. The van der Waals surface area contributed by atoms with Crippen molar-refractivity contribution >= 4 is 112 Å². The number of aromatic nitrogens is 5. The van der Waals surface area contributed by atoms with Gasteiger partial charge in [-0.3, -0.25) is 19.6 Å². The summed E-state index contributed by atoms with van der Waals surface area (Å²) < 4.78 is 0. The molecule has 9 nitrogen and oxygen atoms in total. The molecular weight excluding hydrogens is 991 g/mol. The van der Waals surface area contributed by atoms with Crippen molar-refractivity contribution in [3.05, 3.63) is 309 Å². The van der Waals surface area contributed by atoms with E-state index >= 15 is 0 Å². The first kappa shape index (κ1) is 48.3. The molecule has 0 saturated heterocycles. The van der Waals surface area contributed by atoms with Gasteiger partial charge in [0.25, 0.3) is 0 Å². The van der Waals surface area contributed by atoms with Crippen molar-refractivity contribution in [3.63, 3.8) is 0 Å². The summed E-state index contributed by atoms with van der Waals surface area (Å²) in [6.45, 7) is 0. The summed E-state index contributed by atoms with van der Waals surface area (Å²) in [5.74, 6) is 2.52. The molecule has 0 atom stereocenters. The minimum atomic E-state index is 0.192. The second kappa shape index (κ2) is 21.4. The van der Waals surface area contributed by atoms with E-state index in [0.29, 0.717) is 35.2 Å². The smallest absolute Gasteiger partial charge is 0.239 e. The van der Waals surface area contributed by atoms with E-state index in [2.05, 4.69) is 293 Å². The van der Waals surface area contributed by atoms with E-state index in [0.717, 1.165) is 88.6 Å². The number of benzene rings is 12. The molecule has 0 saturated carbocycles. The number of hydrogen-bond acceptors (Lipinski definition) is 9. The van der Waals surface area contributed by atoms with Crippen LogP contribution in [0.2, 0.25) is 0 Å². The lowest BCUT2D eigenvalue weighted by atomic mass is 10.1. The molecule has 9 heteroatoms. The van der Waals surface area contributed by atoms with Crippen LogP contribution < -0.4 is 19.6 Å². The number of rotatable bonds is 14. The van der Waals surface area contributed by atoms with Crippen LogP contribution in [0.4, 0.5) is 69.2 Å². The molecule has 14 rings (SSSR count). The molecule has 14 aromatic rings. The van der Waals surface area contributed by atoms with Crippen LogP contribution in [-0.4, -0.2) is 24.9 Å². The summed E-state index contributed by atoms with van der Waals surface area (Å²) in [6.07, 6.45) is 0.192. The molecule has 0 fully saturated rings. The maximum atomic E-state index is 5.67. The fourth-order valence-corrected chi connectivity index (χ4v) is 11.0. The first-order valence-corrected chi connectivity index (χ1v) is 27.1. The van der Waals surface area contributed by atoms with Gasteiger partial charge in [0.2, 0.25) is 17.8 Å². The molecule has 0 N–H and O–H groups in total. The molecule has 0 aliphatic carbocycles. The van der Waals surface area contributed by atoms with Gasteiger partial charge in [-0.1, -0.05) is 218 Å². The Bertz CT molecular complexity index is 3950. The maximum Gasteiger partial charge on any atom is 0.239 e. The number of hydrogen-bond donors (Lipinski definition) is 0. The first-order chi connectivity index (χ1) is 40.2. The van der Waals surface area contributed by atoms with Crippen molar-refractivity contribution in [2.24, 2.45) is 0 Å². The molecule has 81 heavy (non-hydrogen) atoms. The van der Waals surface area contributed by atoms with Gasteiger partial charge in [0.1, 0.15) is 11.6 Å². The van der Waals surface area contributed by atoms with Crippen LogP contribution in [0.25, 0.3) is 43.1 Å². The van der Waals surface area contributed by atoms with Gasteiger partial charge in [-0.25, -0.2) is 4.98 Å². The summed E-state index contributed by atoms with van der Waals surface area (Å²) >= 11 is 0. The molecule has 0 unspecified atom stereocenters. The lowest BCUT2D eigenvalue weighted by molar-refractivity contribution is 0.874. The maximum absolute atomic E-state index is 5.67. The Morgan fingerprint density at radius 2 is 0.519 bits per heavy atom. The highest BCUT2D eigenvalue weighted by atomic mass is 15.4. The van der Waals surface area contributed by atoms with E-state index in [-0.39, 0.29) is 6.42 Å². The van der Waals surface area contributed by atoms with E-state index in [1.165, 1.54) is 0 Å². The van der Waals surface area contributed by atoms with Crippen LogP contribution >= 0.6 is 0 Å². The predicted octanol–water partition coefficient (Wildman–Crippen LogP) is 18.7. The largest absolute Gasteiger partial charge is 0.294 e. The molecule has 0 bridgehead atoms. The Kier molecular flexibility index (Phi) is 12.8. The summed E-state index contributed by atoms with van der Waals surface area (Å²) in [7, 11) is 0. The number of anilines is 12.